The summed E-state index contributed by atoms with van der Waals surface area (Å²) < 4.78 is 6.55. The number of benzene rings is 2. The summed E-state index contributed by atoms with van der Waals surface area (Å²) in [5.41, 5.74) is 2.95. The maximum atomic E-state index is 8.89. The molecule has 0 aliphatic heterocycles. The Bertz CT molecular complexity index is 1180. The number of carbonyl (C=O) groups excluding carboxylic acids is 1. The lowest BCUT2D eigenvalue weighted by atomic mass is 10.2. The number of azo groups is 1. The van der Waals surface area contributed by atoms with Gasteiger partial charge in [0, 0.05) is 47.4 Å². The maximum Gasteiger partial charge on any atom is 0.249 e. The molecule has 4 aromatic rings. The molecule has 0 saturated heterocycles. The number of likely N-dealkylation sites (N-methyl/N-ethyl adjacent to an activating group) is 1. The summed E-state index contributed by atoms with van der Waals surface area (Å²) >= 11 is 1.25. The molecule has 0 spiro atoms. The number of carboxylic acids is 1. The van der Waals surface area contributed by atoms with Gasteiger partial charge in [0.2, 0.25) is 5.13 Å². The molecule has 0 aliphatic rings. The first-order valence-corrected chi connectivity index (χ1v) is 11.6. The molecule has 174 valence electrons. The molecule has 34 heavy (non-hydrogen) atoms. The number of rotatable bonds is 8. The van der Waals surface area contributed by atoms with Crippen LogP contribution >= 0.6 is 11.5 Å². The molecule has 2 heterocycles. The summed E-state index contributed by atoms with van der Waals surface area (Å²) in [5, 5.41) is 18.0. The Morgan fingerprint density at radius 1 is 1.00 bits per heavy atom. The van der Waals surface area contributed by atoms with E-state index in [4.69, 9.17) is 9.90 Å². The smallest absolute Gasteiger partial charge is 0.249 e. The van der Waals surface area contributed by atoms with E-state index in [1.807, 2.05) is 48.5 Å². The third kappa shape index (κ3) is 7.86. The molecule has 9 heteroatoms. The number of nitrogens with zero attached hydrogens (tertiary/aromatic N) is 6. The highest BCUT2D eigenvalue weighted by atomic mass is 32.1. The first-order chi connectivity index (χ1) is 16.5. The number of pyridine rings is 1. The van der Waals surface area contributed by atoms with Crippen LogP contribution in [0.4, 0.5) is 16.5 Å². The summed E-state index contributed by atoms with van der Waals surface area (Å²) in [7, 11) is 0. The van der Waals surface area contributed by atoms with Crippen molar-refractivity contribution < 1.29 is 14.5 Å². The Morgan fingerprint density at radius 3 is 2.29 bits per heavy atom. The molecule has 0 aliphatic carbocycles. The van der Waals surface area contributed by atoms with Crippen LogP contribution in [0.1, 0.15) is 13.8 Å². The van der Waals surface area contributed by atoms with Crippen LogP contribution in [0.3, 0.4) is 0 Å². The molecule has 2 aromatic carbocycles. The zero-order valence-corrected chi connectivity index (χ0v) is 19.9. The topological polar surface area (TPSA) is 97.8 Å². The first-order valence-electron chi connectivity index (χ1n) is 10.8. The van der Waals surface area contributed by atoms with Crippen LogP contribution in [-0.2, 0) is 11.3 Å². The van der Waals surface area contributed by atoms with Crippen molar-refractivity contribution in [2.45, 2.75) is 20.4 Å². The van der Waals surface area contributed by atoms with E-state index in [-0.39, 0.29) is 0 Å². The molecular formula is C25H26N6O2S. The van der Waals surface area contributed by atoms with Crippen LogP contribution in [0.25, 0.3) is 11.4 Å². The zero-order valence-electron chi connectivity index (χ0n) is 19.1. The second kappa shape index (κ2) is 12.9. The molecule has 2 aromatic heterocycles. The highest BCUT2D eigenvalue weighted by Crippen LogP contribution is 2.26. The van der Waals surface area contributed by atoms with Crippen molar-refractivity contribution >= 4 is 34.0 Å². The Kier molecular flexibility index (Phi) is 9.36. The highest BCUT2D eigenvalue weighted by molar-refractivity contribution is 7.09. The normalized spacial score (nSPS) is 10.5. The van der Waals surface area contributed by atoms with E-state index in [0.717, 1.165) is 37.8 Å². The number of aromatic nitrogens is 3. The Morgan fingerprint density at radius 2 is 1.65 bits per heavy atom. The van der Waals surface area contributed by atoms with E-state index in [9.17, 15) is 0 Å². The lowest BCUT2D eigenvalue weighted by Crippen LogP contribution is -2.40. The van der Waals surface area contributed by atoms with Gasteiger partial charge in [-0.25, -0.2) is 4.57 Å². The number of hydrogen-bond acceptors (Lipinski definition) is 8. The molecule has 0 amide bonds. The van der Waals surface area contributed by atoms with Crippen LogP contribution in [0.5, 0.6) is 0 Å². The Hall–Kier alpha value is -3.98. The van der Waals surface area contributed by atoms with Crippen molar-refractivity contribution in [3.8, 4) is 11.4 Å². The lowest BCUT2D eigenvalue weighted by Gasteiger charge is -2.21. The number of carboxylic acid groups (broad SMARTS) is 1. The minimum atomic E-state index is -1.08. The van der Waals surface area contributed by atoms with Gasteiger partial charge in [-0.2, -0.15) is 9.36 Å². The van der Waals surface area contributed by atoms with Crippen LogP contribution in [0.15, 0.2) is 95.4 Å². The summed E-state index contributed by atoms with van der Waals surface area (Å²) in [4.78, 5) is 15.7. The summed E-state index contributed by atoms with van der Waals surface area (Å²) in [6.07, 6.45) is 4.18. The van der Waals surface area contributed by atoms with E-state index in [0.29, 0.717) is 11.0 Å². The fraction of sp³-hybridized carbons (Fsp3) is 0.200. The predicted molar refractivity (Wildman–Crippen MR) is 131 cm³/mol. The molecule has 0 fully saturated rings. The first kappa shape index (κ1) is 24.7. The van der Waals surface area contributed by atoms with E-state index < -0.39 is 5.97 Å². The van der Waals surface area contributed by atoms with Crippen molar-refractivity contribution in [1.82, 2.24) is 9.36 Å². The quantitative estimate of drug-likeness (QED) is 0.282. The summed E-state index contributed by atoms with van der Waals surface area (Å²) in [5.74, 6) is -0.403. The van der Waals surface area contributed by atoms with E-state index >= 15 is 0 Å². The summed E-state index contributed by atoms with van der Waals surface area (Å²) in [6, 6.07) is 24.2. The molecule has 0 radical (unpaired) electrons. The fourth-order valence-corrected chi connectivity index (χ4v) is 3.60. The van der Waals surface area contributed by atoms with Crippen molar-refractivity contribution in [1.29, 1.82) is 0 Å². The molecule has 0 bridgehead atoms. The SMILES string of the molecule is CC(=O)[O-].CCN(CC[n+]1ccccc1)c1ccc(N=Nc2nc(-c3ccccc3)ns2)cc1. The van der Waals surface area contributed by atoms with Gasteiger partial charge in [0.05, 0.1) is 12.2 Å². The average molecular weight is 475 g/mol. The molecule has 0 atom stereocenters. The Balaban J connectivity index is 0.000000751. The minimum absolute atomic E-state index is 0.549. The van der Waals surface area contributed by atoms with Gasteiger partial charge in [-0.1, -0.05) is 36.4 Å². The van der Waals surface area contributed by atoms with E-state index in [1.54, 1.807) is 0 Å². The molecule has 0 unspecified atom stereocenters. The average Bonchev–Trinajstić information content (AvgIpc) is 3.34. The number of hydrogen-bond donors (Lipinski definition) is 0. The van der Waals surface area contributed by atoms with Crippen molar-refractivity contribution in [2.24, 2.45) is 10.2 Å². The predicted octanol–water partition coefficient (Wildman–Crippen LogP) is 4.19. The van der Waals surface area contributed by atoms with Crippen molar-refractivity contribution in [3.05, 3.63) is 85.2 Å². The van der Waals surface area contributed by atoms with Crippen LogP contribution in [0.2, 0.25) is 0 Å². The monoisotopic (exact) mass is 474 g/mol. The van der Waals surface area contributed by atoms with Gasteiger partial charge in [-0.15, -0.1) is 10.2 Å². The Labute approximate surface area is 203 Å². The molecule has 0 saturated carbocycles. The van der Waals surface area contributed by atoms with Gasteiger partial charge in [-0.3, -0.25) is 0 Å². The fourth-order valence-electron chi connectivity index (χ4n) is 3.08. The molecule has 4 rings (SSSR count). The standard InChI is InChI=1S/C23H23N6S.C2H4O2/c1-2-29(18-17-28-15-7-4-8-16-28)21-13-11-20(12-14-21)25-26-23-24-22(27-30-23)19-9-5-3-6-10-19;1-2(3)4/h3-16H,2,17-18H2,1H3;1H3,(H,3,4)/q+1;/p-1. The van der Waals surface area contributed by atoms with Gasteiger partial charge >= 0.3 is 0 Å². The molecule has 0 N–H and O–H groups in total. The van der Waals surface area contributed by atoms with Crippen molar-refractivity contribution in [2.75, 3.05) is 18.0 Å². The number of aliphatic carboxylic acids is 1. The van der Waals surface area contributed by atoms with Crippen molar-refractivity contribution in [3.63, 3.8) is 0 Å². The molecular weight excluding hydrogens is 448 g/mol. The van der Waals surface area contributed by atoms with Crippen LogP contribution in [0, 0.1) is 0 Å². The van der Waals surface area contributed by atoms with Gasteiger partial charge in [0.1, 0.15) is 0 Å². The largest absolute Gasteiger partial charge is 0.550 e. The third-order valence-electron chi connectivity index (χ3n) is 4.70. The highest BCUT2D eigenvalue weighted by Gasteiger charge is 2.08. The van der Waals surface area contributed by atoms with E-state index in [2.05, 4.69) is 72.6 Å². The number of carbonyl (C=O) groups is 1. The summed E-state index contributed by atoms with van der Waals surface area (Å²) in [6.45, 7) is 5.97. The lowest BCUT2D eigenvalue weighted by molar-refractivity contribution is -0.694. The molecule has 8 nitrogen and oxygen atoms in total. The second-order valence-electron chi connectivity index (χ2n) is 7.17. The maximum absolute atomic E-state index is 8.89. The van der Waals surface area contributed by atoms with Crippen LogP contribution < -0.4 is 14.6 Å². The third-order valence-corrected chi connectivity index (χ3v) is 5.30. The van der Waals surface area contributed by atoms with Gasteiger partial charge in [0.15, 0.2) is 24.8 Å². The van der Waals surface area contributed by atoms with Gasteiger partial charge in [0.25, 0.3) is 0 Å². The number of anilines is 1. The van der Waals surface area contributed by atoms with Crippen LogP contribution in [-0.4, -0.2) is 28.4 Å². The van der Waals surface area contributed by atoms with Gasteiger partial charge in [-0.05, 0) is 38.1 Å². The second-order valence-corrected chi connectivity index (χ2v) is 7.90. The minimum Gasteiger partial charge on any atom is -0.550 e. The van der Waals surface area contributed by atoms with Gasteiger partial charge < -0.3 is 14.8 Å². The zero-order chi connectivity index (χ0) is 24.2. The van der Waals surface area contributed by atoms with E-state index in [1.165, 1.54) is 17.2 Å².